The Morgan fingerprint density at radius 2 is 1.95 bits per heavy atom. The lowest BCUT2D eigenvalue weighted by molar-refractivity contribution is -0.135. The van der Waals surface area contributed by atoms with Crippen molar-refractivity contribution in [1.82, 2.24) is 0 Å². The fraction of sp³-hybridized carbons (Fsp3) is 0.0833. The number of carbonyl (C=O) groups is 3. The molecule has 0 saturated heterocycles. The van der Waals surface area contributed by atoms with Crippen LogP contribution in [0, 0.1) is 0 Å². The van der Waals surface area contributed by atoms with E-state index in [4.69, 9.17) is 22.4 Å². The van der Waals surface area contributed by atoms with Gasteiger partial charge in [-0.3, -0.25) is 4.79 Å². The van der Waals surface area contributed by atoms with Crippen LogP contribution in [0.1, 0.15) is 15.9 Å². The highest BCUT2D eigenvalue weighted by Crippen LogP contribution is 2.23. The molecule has 0 radical (unpaired) electrons. The van der Waals surface area contributed by atoms with Crippen LogP contribution in [-0.4, -0.2) is 30.1 Å². The zero-order chi connectivity index (χ0) is 14.6. The smallest absolute Gasteiger partial charge is 0.336 e. The summed E-state index contributed by atoms with van der Waals surface area (Å²) < 4.78 is 4.38. The van der Waals surface area contributed by atoms with E-state index in [1.807, 2.05) is 0 Å². The number of methoxy groups -OCH3 is 1. The maximum atomic E-state index is 11.3. The standard InChI is InChI=1S/C12H10ClNO5/c1-19-10(15)5-8(11(14)16)7-3-2-6(13)4-9(7)12(17)18/h2-5H,1H3,(H2,14,16)(H,17,18)/b8-5-. The second kappa shape index (κ2) is 6.01. The van der Waals surface area contributed by atoms with Crippen molar-refractivity contribution in [1.29, 1.82) is 0 Å². The number of aromatic carboxylic acids is 1. The summed E-state index contributed by atoms with van der Waals surface area (Å²) in [4.78, 5) is 33.6. The predicted molar refractivity (Wildman–Crippen MR) is 67.6 cm³/mol. The maximum absolute atomic E-state index is 11.3. The first-order chi connectivity index (χ1) is 8.86. The molecule has 0 aliphatic carbocycles. The number of carboxylic acid groups (broad SMARTS) is 1. The molecule has 0 aromatic heterocycles. The molecule has 0 aliphatic heterocycles. The van der Waals surface area contributed by atoms with Crippen molar-refractivity contribution in [3.8, 4) is 0 Å². The fourth-order valence-electron chi connectivity index (χ4n) is 1.39. The van der Waals surface area contributed by atoms with Gasteiger partial charge in [-0.15, -0.1) is 0 Å². The highest BCUT2D eigenvalue weighted by molar-refractivity contribution is 6.31. The number of carboxylic acids is 1. The third-order valence-electron chi connectivity index (χ3n) is 2.23. The minimum absolute atomic E-state index is 0.00481. The third-order valence-corrected chi connectivity index (χ3v) is 2.47. The Morgan fingerprint density at radius 3 is 2.42 bits per heavy atom. The van der Waals surface area contributed by atoms with Crippen molar-refractivity contribution < 1.29 is 24.2 Å². The Morgan fingerprint density at radius 1 is 1.32 bits per heavy atom. The predicted octanol–water partition coefficient (Wildman–Crippen LogP) is 1.08. The number of ether oxygens (including phenoxy) is 1. The number of nitrogens with two attached hydrogens (primary N) is 1. The van der Waals surface area contributed by atoms with Gasteiger partial charge in [-0.1, -0.05) is 17.7 Å². The largest absolute Gasteiger partial charge is 0.478 e. The number of hydrogen-bond donors (Lipinski definition) is 2. The number of primary amides is 1. The molecule has 0 fully saturated rings. The van der Waals surface area contributed by atoms with Crippen molar-refractivity contribution in [2.24, 2.45) is 5.73 Å². The molecule has 1 amide bonds. The number of rotatable bonds is 4. The quantitative estimate of drug-likeness (QED) is 0.635. The molecule has 0 unspecified atom stereocenters. The van der Waals surface area contributed by atoms with Gasteiger partial charge in [-0.2, -0.15) is 0 Å². The summed E-state index contributed by atoms with van der Waals surface area (Å²) in [6.07, 6.45) is 0.831. The summed E-state index contributed by atoms with van der Waals surface area (Å²) in [5, 5.41) is 9.24. The Labute approximate surface area is 113 Å². The van der Waals surface area contributed by atoms with Gasteiger partial charge in [-0.05, 0) is 12.1 Å². The van der Waals surface area contributed by atoms with E-state index in [0.717, 1.165) is 19.3 Å². The molecule has 1 aromatic rings. The molecular formula is C12H10ClNO5. The Hall–Kier alpha value is -2.34. The lowest BCUT2D eigenvalue weighted by Crippen LogP contribution is -2.17. The molecule has 0 aliphatic rings. The second-order valence-corrected chi connectivity index (χ2v) is 3.88. The van der Waals surface area contributed by atoms with E-state index in [1.165, 1.54) is 12.1 Å². The van der Waals surface area contributed by atoms with E-state index in [2.05, 4.69) is 4.74 Å². The molecule has 1 aromatic carbocycles. The van der Waals surface area contributed by atoms with Crippen LogP contribution < -0.4 is 5.73 Å². The molecule has 100 valence electrons. The van der Waals surface area contributed by atoms with E-state index in [1.54, 1.807) is 0 Å². The molecular weight excluding hydrogens is 274 g/mol. The number of benzene rings is 1. The van der Waals surface area contributed by atoms with Crippen LogP contribution in [0.3, 0.4) is 0 Å². The van der Waals surface area contributed by atoms with Gasteiger partial charge >= 0.3 is 11.9 Å². The van der Waals surface area contributed by atoms with Gasteiger partial charge in [0.2, 0.25) is 5.91 Å². The van der Waals surface area contributed by atoms with E-state index in [0.29, 0.717) is 0 Å². The van der Waals surface area contributed by atoms with Gasteiger partial charge in [0.05, 0.1) is 18.2 Å². The molecule has 0 heterocycles. The van der Waals surface area contributed by atoms with Crippen LogP contribution in [0.4, 0.5) is 0 Å². The van der Waals surface area contributed by atoms with E-state index >= 15 is 0 Å². The molecule has 1 rings (SSSR count). The first kappa shape index (κ1) is 14.7. The Balaban J connectivity index is 3.48. The normalized spacial score (nSPS) is 10.9. The van der Waals surface area contributed by atoms with Crippen LogP contribution in [0.5, 0.6) is 0 Å². The fourth-order valence-corrected chi connectivity index (χ4v) is 1.56. The number of amides is 1. The van der Waals surface area contributed by atoms with Gasteiger partial charge in [0, 0.05) is 16.7 Å². The monoisotopic (exact) mass is 283 g/mol. The van der Waals surface area contributed by atoms with Crippen molar-refractivity contribution in [3.05, 3.63) is 40.4 Å². The first-order valence-electron chi connectivity index (χ1n) is 4.99. The number of carbonyl (C=O) groups excluding carboxylic acids is 2. The first-order valence-corrected chi connectivity index (χ1v) is 5.37. The van der Waals surface area contributed by atoms with Crippen molar-refractivity contribution in [2.75, 3.05) is 7.11 Å². The third kappa shape index (κ3) is 3.56. The Bertz CT molecular complexity index is 579. The van der Waals surface area contributed by atoms with E-state index < -0.39 is 17.8 Å². The Kier molecular flexibility index (Phi) is 4.66. The summed E-state index contributed by atoms with van der Waals surface area (Å²) in [6.45, 7) is 0. The SMILES string of the molecule is COC(=O)/C=C(\C(N)=O)c1ccc(Cl)cc1C(=O)O. The van der Waals surface area contributed by atoms with E-state index in [9.17, 15) is 14.4 Å². The van der Waals surface area contributed by atoms with Gasteiger partial charge in [0.1, 0.15) is 0 Å². The molecule has 0 bridgehead atoms. The molecule has 0 saturated carbocycles. The van der Waals surface area contributed by atoms with Crippen LogP contribution in [-0.2, 0) is 14.3 Å². The van der Waals surface area contributed by atoms with Gasteiger partial charge in [0.15, 0.2) is 0 Å². The average molecular weight is 284 g/mol. The highest BCUT2D eigenvalue weighted by Gasteiger charge is 2.19. The number of halogens is 1. The zero-order valence-corrected chi connectivity index (χ0v) is 10.6. The minimum Gasteiger partial charge on any atom is -0.478 e. The topological polar surface area (TPSA) is 107 Å². The maximum Gasteiger partial charge on any atom is 0.336 e. The number of esters is 1. The van der Waals surface area contributed by atoms with Crippen molar-refractivity contribution >= 4 is 35.0 Å². The van der Waals surface area contributed by atoms with Crippen LogP contribution in [0.15, 0.2) is 24.3 Å². The van der Waals surface area contributed by atoms with Crippen LogP contribution >= 0.6 is 11.6 Å². The molecule has 6 nitrogen and oxygen atoms in total. The summed E-state index contributed by atoms with van der Waals surface area (Å²) in [5.74, 6) is -3.06. The van der Waals surface area contributed by atoms with Crippen LogP contribution in [0.2, 0.25) is 5.02 Å². The molecule has 19 heavy (non-hydrogen) atoms. The van der Waals surface area contributed by atoms with Crippen LogP contribution in [0.25, 0.3) is 5.57 Å². The van der Waals surface area contributed by atoms with Crippen molar-refractivity contribution in [3.63, 3.8) is 0 Å². The lowest BCUT2D eigenvalue weighted by atomic mass is 9.99. The van der Waals surface area contributed by atoms with Gasteiger partial charge in [-0.25, -0.2) is 9.59 Å². The highest BCUT2D eigenvalue weighted by atomic mass is 35.5. The van der Waals surface area contributed by atoms with Crippen molar-refractivity contribution in [2.45, 2.75) is 0 Å². The summed E-state index contributed by atoms with van der Waals surface area (Å²) >= 11 is 5.69. The minimum atomic E-state index is -1.30. The molecule has 0 spiro atoms. The summed E-state index contributed by atoms with van der Waals surface area (Å²) in [6, 6.07) is 3.84. The summed E-state index contributed by atoms with van der Waals surface area (Å²) in [5.41, 5.74) is 4.64. The van der Waals surface area contributed by atoms with Gasteiger partial charge < -0.3 is 15.6 Å². The molecule has 0 atom stereocenters. The second-order valence-electron chi connectivity index (χ2n) is 3.44. The zero-order valence-electron chi connectivity index (χ0n) is 9.84. The molecule has 3 N–H and O–H groups in total. The number of hydrogen-bond acceptors (Lipinski definition) is 4. The van der Waals surface area contributed by atoms with E-state index in [-0.39, 0.29) is 21.7 Å². The molecule has 7 heteroatoms. The average Bonchev–Trinajstić information content (AvgIpc) is 2.35. The lowest BCUT2D eigenvalue weighted by Gasteiger charge is -2.08. The summed E-state index contributed by atoms with van der Waals surface area (Å²) in [7, 11) is 1.12. The van der Waals surface area contributed by atoms with Gasteiger partial charge in [0.25, 0.3) is 0 Å².